The number of fused-ring (bicyclic) bond motifs is 1. The van der Waals surface area contributed by atoms with Gasteiger partial charge in [-0.3, -0.25) is 19.3 Å². The highest BCUT2D eigenvalue weighted by Gasteiger charge is 2.38. The lowest BCUT2D eigenvalue weighted by Crippen LogP contribution is -2.41. The molecule has 2 rings (SSSR count). The van der Waals surface area contributed by atoms with Gasteiger partial charge in [-0.2, -0.15) is 0 Å². The van der Waals surface area contributed by atoms with Crippen molar-refractivity contribution in [3.8, 4) is 0 Å². The molecule has 0 saturated carbocycles. The van der Waals surface area contributed by atoms with Crippen LogP contribution in [0.1, 0.15) is 22.8 Å². The van der Waals surface area contributed by atoms with E-state index in [-0.39, 0.29) is 12.5 Å². The number of ketones is 1. The van der Waals surface area contributed by atoms with Crippen molar-refractivity contribution in [1.29, 1.82) is 0 Å². The molecule has 1 aromatic rings. The van der Waals surface area contributed by atoms with Gasteiger partial charge in [0.15, 0.2) is 0 Å². The molecule has 1 aliphatic heterocycles. The summed E-state index contributed by atoms with van der Waals surface area (Å²) in [6, 6.07) is 3.45. The predicted molar refractivity (Wildman–Crippen MR) is 78.9 cm³/mol. The van der Waals surface area contributed by atoms with Crippen molar-refractivity contribution in [2.75, 3.05) is 25.0 Å². The van der Waals surface area contributed by atoms with Gasteiger partial charge in [-0.1, -0.05) is 15.9 Å². The number of Topliss-reactive ketones (excluding diaryl/α,β-unsaturated/α-hetero) is 1. The number of hydrogen-bond donors (Lipinski definition) is 0. The van der Waals surface area contributed by atoms with Crippen LogP contribution >= 0.6 is 15.9 Å². The molecule has 1 aliphatic rings. The van der Waals surface area contributed by atoms with E-state index in [1.54, 1.807) is 13.1 Å². The summed E-state index contributed by atoms with van der Waals surface area (Å²) in [5.74, 6) is -1.39. The molecule has 0 unspecified atom stereocenters. The lowest BCUT2D eigenvalue weighted by atomic mass is 10.1. The Morgan fingerprint density at radius 2 is 2.00 bits per heavy atom. The molecule has 20 heavy (non-hydrogen) atoms. The third kappa shape index (κ3) is 2.35. The predicted octanol–water partition coefficient (Wildman–Crippen LogP) is 1.77. The average molecular weight is 339 g/mol. The first kappa shape index (κ1) is 14.7. The zero-order chi connectivity index (χ0) is 15.0. The lowest BCUT2D eigenvalue weighted by Gasteiger charge is -2.21. The van der Waals surface area contributed by atoms with Crippen molar-refractivity contribution < 1.29 is 14.4 Å². The molecular formula is C14H15BrN2O3. The molecule has 0 spiro atoms. The molecule has 1 aromatic carbocycles. The van der Waals surface area contributed by atoms with Gasteiger partial charge in [0.25, 0.3) is 11.7 Å². The second kappa shape index (κ2) is 5.36. The number of carbonyl (C=O) groups excluding carboxylic acids is 3. The van der Waals surface area contributed by atoms with Gasteiger partial charge in [-0.05, 0) is 31.5 Å². The quantitative estimate of drug-likeness (QED) is 0.789. The van der Waals surface area contributed by atoms with E-state index >= 15 is 0 Å². The number of halogens is 1. The largest absolute Gasteiger partial charge is 0.344 e. The summed E-state index contributed by atoms with van der Waals surface area (Å²) in [6.07, 6.45) is 0. The molecule has 0 bridgehead atoms. The van der Waals surface area contributed by atoms with Crippen molar-refractivity contribution in [3.05, 3.63) is 27.7 Å². The normalized spacial score (nSPS) is 13.7. The molecule has 5 nitrogen and oxygen atoms in total. The molecule has 0 saturated heterocycles. The number of hydrogen-bond acceptors (Lipinski definition) is 3. The van der Waals surface area contributed by atoms with Gasteiger partial charge in [0.2, 0.25) is 5.91 Å². The average Bonchev–Trinajstić information content (AvgIpc) is 2.63. The van der Waals surface area contributed by atoms with Crippen LogP contribution in [0.25, 0.3) is 0 Å². The summed E-state index contributed by atoms with van der Waals surface area (Å²) < 4.78 is 0.744. The maximum Gasteiger partial charge on any atom is 0.299 e. The maximum atomic E-state index is 12.1. The highest BCUT2D eigenvalue weighted by molar-refractivity contribution is 9.10. The Morgan fingerprint density at radius 1 is 1.35 bits per heavy atom. The first-order valence-corrected chi connectivity index (χ1v) is 7.06. The van der Waals surface area contributed by atoms with Crippen LogP contribution < -0.4 is 4.90 Å². The summed E-state index contributed by atoms with van der Waals surface area (Å²) in [5, 5.41) is 0. The molecule has 1 heterocycles. The fourth-order valence-corrected chi connectivity index (χ4v) is 2.76. The molecule has 0 aliphatic carbocycles. The molecule has 0 radical (unpaired) electrons. The standard InChI is InChI=1S/C14H15BrN2O3/c1-4-16(3)11(18)7-17-12-8(2)5-9(15)6-10(12)13(19)14(17)20/h5-6H,4,7H2,1-3H3. The van der Waals surface area contributed by atoms with Gasteiger partial charge >= 0.3 is 0 Å². The van der Waals surface area contributed by atoms with Gasteiger partial charge in [0.1, 0.15) is 6.54 Å². The van der Waals surface area contributed by atoms with E-state index in [0.29, 0.717) is 17.8 Å². The Kier molecular flexibility index (Phi) is 3.94. The van der Waals surface area contributed by atoms with Crippen LogP contribution in [0.5, 0.6) is 0 Å². The number of aryl methyl sites for hydroxylation is 1. The third-order valence-corrected chi connectivity index (χ3v) is 3.87. The number of carbonyl (C=O) groups is 3. The Bertz CT molecular complexity index is 613. The summed E-state index contributed by atoms with van der Waals surface area (Å²) >= 11 is 3.31. The molecule has 0 N–H and O–H groups in total. The van der Waals surface area contributed by atoms with E-state index < -0.39 is 11.7 Å². The molecule has 0 aromatic heterocycles. The fraction of sp³-hybridized carbons (Fsp3) is 0.357. The van der Waals surface area contributed by atoms with Gasteiger partial charge in [0.05, 0.1) is 11.3 Å². The number of rotatable bonds is 3. The van der Waals surface area contributed by atoms with E-state index in [0.717, 1.165) is 10.0 Å². The molecule has 6 heteroatoms. The van der Waals surface area contributed by atoms with Crippen molar-refractivity contribution >= 4 is 39.2 Å². The minimum absolute atomic E-state index is 0.107. The van der Waals surface area contributed by atoms with Crippen LogP contribution in [0.3, 0.4) is 0 Å². The number of likely N-dealkylation sites (N-methyl/N-ethyl adjacent to an activating group) is 1. The van der Waals surface area contributed by atoms with Crippen LogP contribution in [-0.4, -0.2) is 42.6 Å². The van der Waals surface area contributed by atoms with Crippen molar-refractivity contribution in [3.63, 3.8) is 0 Å². The Balaban J connectivity index is 2.41. The van der Waals surface area contributed by atoms with E-state index in [1.807, 2.05) is 19.9 Å². The van der Waals surface area contributed by atoms with Gasteiger partial charge < -0.3 is 4.90 Å². The van der Waals surface area contributed by atoms with Gasteiger partial charge in [-0.25, -0.2) is 0 Å². The first-order chi connectivity index (χ1) is 9.36. The third-order valence-electron chi connectivity index (χ3n) is 3.41. The second-order valence-corrected chi connectivity index (χ2v) is 5.66. The minimum atomic E-state index is -0.640. The van der Waals surface area contributed by atoms with Crippen molar-refractivity contribution in [2.24, 2.45) is 0 Å². The maximum absolute atomic E-state index is 12.1. The van der Waals surface area contributed by atoms with Crippen LogP contribution in [0.4, 0.5) is 5.69 Å². The van der Waals surface area contributed by atoms with E-state index in [1.165, 1.54) is 9.80 Å². The van der Waals surface area contributed by atoms with Gasteiger partial charge in [0, 0.05) is 18.1 Å². The fourth-order valence-electron chi connectivity index (χ4n) is 2.19. The first-order valence-electron chi connectivity index (χ1n) is 6.27. The molecule has 0 atom stereocenters. The van der Waals surface area contributed by atoms with Gasteiger partial charge in [-0.15, -0.1) is 0 Å². The van der Waals surface area contributed by atoms with Crippen LogP contribution in [0.15, 0.2) is 16.6 Å². The van der Waals surface area contributed by atoms with E-state index in [4.69, 9.17) is 0 Å². The topological polar surface area (TPSA) is 57.7 Å². The zero-order valence-corrected chi connectivity index (χ0v) is 13.2. The van der Waals surface area contributed by atoms with E-state index in [9.17, 15) is 14.4 Å². The van der Waals surface area contributed by atoms with Crippen LogP contribution in [0.2, 0.25) is 0 Å². The number of benzene rings is 1. The summed E-state index contributed by atoms with van der Waals surface area (Å²) in [5.41, 5.74) is 1.69. The Labute approximate surface area is 125 Å². The number of nitrogens with zero attached hydrogens (tertiary/aromatic N) is 2. The molecule has 106 valence electrons. The van der Waals surface area contributed by atoms with E-state index in [2.05, 4.69) is 15.9 Å². The minimum Gasteiger partial charge on any atom is -0.344 e. The second-order valence-electron chi connectivity index (χ2n) is 4.75. The Morgan fingerprint density at radius 3 is 2.60 bits per heavy atom. The molecular weight excluding hydrogens is 324 g/mol. The monoisotopic (exact) mass is 338 g/mol. The molecule has 0 fully saturated rings. The van der Waals surface area contributed by atoms with Crippen molar-refractivity contribution in [1.82, 2.24) is 4.90 Å². The highest BCUT2D eigenvalue weighted by Crippen LogP contribution is 2.34. The Hall–Kier alpha value is -1.69. The summed E-state index contributed by atoms with van der Waals surface area (Å²) in [7, 11) is 1.67. The van der Waals surface area contributed by atoms with Crippen molar-refractivity contribution in [2.45, 2.75) is 13.8 Å². The number of amides is 2. The summed E-state index contributed by atoms with van der Waals surface area (Å²) in [6.45, 7) is 4.12. The van der Waals surface area contributed by atoms with Crippen LogP contribution in [0, 0.1) is 6.92 Å². The molecule has 2 amide bonds. The number of anilines is 1. The van der Waals surface area contributed by atoms with Crippen LogP contribution in [-0.2, 0) is 9.59 Å². The summed E-state index contributed by atoms with van der Waals surface area (Å²) in [4.78, 5) is 38.8. The SMILES string of the molecule is CCN(C)C(=O)CN1C(=O)C(=O)c2cc(Br)cc(C)c21. The smallest absolute Gasteiger partial charge is 0.299 e. The lowest BCUT2D eigenvalue weighted by molar-refractivity contribution is -0.129. The zero-order valence-electron chi connectivity index (χ0n) is 11.6. The highest BCUT2D eigenvalue weighted by atomic mass is 79.9.